The summed E-state index contributed by atoms with van der Waals surface area (Å²) < 4.78 is 48.5. The number of nitrogens with zero attached hydrogens (tertiary/aromatic N) is 4. The minimum atomic E-state index is -4.92. The summed E-state index contributed by atoms with van der Waals surface area (Å²) in [6.07, 6.45) is 2.02. The first-order valence-electron chi connectivity index (χ1n) is 9.81. The van der Waals surface area contributed by atoms with E-state index in [-0.39, 0.29) is 28.7 Å². The fraction of sp³-hybridized carbons (Fsp3) is 0.0870. The van der Waals surface area contributed by atoms with Gasteiger partial charge in [0.05, 0.1) is 23.7 Å². The van der Waals surface area contributed by atoms with Crippen LogP contribution in [0.5, 0.6) is 17.4 Å². The third-order valence-corrected chi connectivity index (χ3v) is 4.49. The fourth-order valence-electron chi connectivity index (χ4n) is 2.93. The van der Waals surface area contributed by atoms with E-state index in [1.165, 1.54) is 36.9 Å². The topological polar surface area (TPSA) is 99.1 Å². The highest BCUT2D eigenvalue weighted by atomic mass is 19.4. The summed E-state index contributed by atoms with van der Waals surface area (Å²) in [5, 5.41) is 2.58. The van der Waals surface area contributed by atoms with Crippen LogP contribution < -0.4 is 14.8 Å². The van der Waals surface area contributed by atoms with Crippen molar-refractivity contribution in [1.82, 2.24) is 19.9 Å². The van der Waals surface area contributed by atoms with Crippen molar-refractivity contribution in [1.29, 1.82) is 0 Å². The number of rotatable bonds is 6. The van der Waals surface area contributed by atoms with Gasteiger partial charge in [-0.05, 0) is 42.8 Å². The van der Waals surface area contributed by atoms with Crippen LogP contribution in [0.2, 0.25) is 0 Å². The Hall–Kier alpha value is -4.54. The third kappa shape index (κ3) is 5.63. The summed E-state index contributed by atoms with van der Waals surface area (Å²) in [5.41, 5.74) is 1.13. The van der Waals surface area contributed by atoms with Gasteiger partial charge in [-0.3, -0.25) is 14.8 Å². The zero-order valence-electron chi connectivity index (χ0n) is 17.6. The molecule has 0 bridgehead atoms. The molecule has 4 rings (SSSR count). The van der Waals surface area contributed by atoms with Crippen LogP contribution in [-0.4, -0.2) is 32.2 Å². The third-order valence-electron chi connectivity index (χ3n) is 4.49. The predicted molar refractivity (Wildman–Crippen MR) is 115 cm³/mol. The Morgan fingerprint density at radius 3 is 2.50 bits per heavy atom. The van der Waals surface area contributed by atoms with Crippen molar-refractivity contribution in [3.05, 3.63) is 84.6 Å². The summed E-state index contributed by atoms with van der Waals surface area (Å²) in [4.78, 5) is 28.6. The number of benzene rings is 1. The molecule has 0 saturated carbocycles. The van der Waals surface area contributed by atoms with Gasteiger partial charge in [0.25, 0.3) is 5.91 Å². The number of carbonyl (C=O) groups is 1. The molecule has 1 amide bonds. The molecule has 8 nitrogen and oxygen atoms in total. The van der Waals surface area contributed by atoms with Gasteiger partial charge in [0.15, 0.2) is 5.82 Å². The van der Waals surface area contributed by atoms with Crippen LogP contribution in [0.25, 0.3) is 11.3 Å². The lowest BCUT2D eigenvalue weighted by atomic mass is 10.1. The molecule has 1 N–H and O–H groups in total. The van der Waals surface area contributed by atoms with E-state index in [9.17, 15) is 18.0 Å². The molecular formula is C23H16F3N5O3. The molecule has 1 aromatic carbocycles. The molecule has 0 aliphatic rings. The summed E-state index contributed by atoms with van der Waals surface area (Å²) in [7, 11) is 0. The van der Waals surface area contributed by atoms with E-state index in [1.807, 2.05) is 0 Å². The van der Waals surface area contributed by atoms with E-state index in [4.69, 9.17) is 4.74 Å². The highest BCUT2D eigenvalue weighted by Gasteiger charge is 2.32. The second-order valence-corrected chi connectivity index (χ2v) is 6.91. The van der Waals surface area contributed by atoms with Crippen LogP contribution in [0.15, 0.2) is 73.4 Å². The SMILES string of the molecule is Cc1ccncc1C(=O)Nc1cnc(-c2cc(Oc3ccccn3)ccc2OC(F)(F)F)cn1. The van der Waals surface area contributed by atoms with Gasteiger partial charge < -0.3 is 14.8 Å². The van der Waals surface area contributed by atoms with Crippen LogP contribution in [0.3, 0.4) is 0 Å². The first kappa shape index (κ1) is 22.6. The van der Waals surface area contributed by atoms with Crippen LogP contribution in [0.1, 0.15) is 15.9 Å². The Morgan fingerprint density at radius 1 is 0.971 bits per heavy atom. The van der Waals surface area contributed by atoms with Gasteiger partial charge in [-0.1, -0.05) is 6.07 Å². The molecule has 0 fully saturated rings. The number of anilines is 1. The molecule has 3 aromatic heterocycles. The van der Waals surface area contributed by atoms with Crippen LogP contribution >= 0.6 is 0 Å². The quantitative estimate of drug-likeness (QED) is 0.417. The van der Waals surface area contributed by atoms with E-state index in [0.29, 0.717) is 5.56 Å². The Balaban J connectivity index is 1.61. The Morgan fingerprint density at radius 2 is 1.82 bits per heavy atom. The first-order chi connectivity index (χ1) is 16.3. The lowest BCUT2D eigenvalue weighted by Crippen LogP contribution is -2.18. The number of aryl methyl sites for hydroxylation is 1. The molecule has 0 aliphatic heterocycles. The van der Waals surface area contributed by atoms with Crippen molar-refractivity contribution < 1.29 is 27.4 Å². The van der Waals surface area contributed by atoms with E-state index in [2.05, 4.69) is 30.0 Å². The van der Waals surface area contributed by atoms with Crippen LogP contribution in [0, 0.1) is 6.92 Å². The minimum absolute atomic E-state index is 0.0146. The van der Waals surface area contributed by atoms with E-state index in [0.717, 1.165) is 11.6 Å². The first-order valence-corrected chi connectivity index (χ1v) is 9.81. The van der Waals surface area contributed by atoms with Gasteiger partial charge in [0, 0.05) is 30.2 Å². The molecule has 172 valence electrons. The van der Waals surface area contributed by atoms with Gasteiger partial charge in [0.1, 0.15) is 11.5 Å². The van der Waals surface area contributed by atoms with Crippen LogP contribution in [-0.2, 0) is 0 Å². The zero-order chi connectivity index (χ0) is 24.1. The number of amides is 1. The van der Waals surface area contributed by atoms with Crippen molar-refractivity contribution >= 4 is 11.7 Å². The van der Waals surface area contributed by atoms with Crippen molar-refractivity contribution in [2.75, 3.05) is 5.32 Å². The predicted octanol–water partition coefficient (Wildman–Crippen LogP) is 5.19. The minimum Gasteiger partial charge on any atom is -0.439 e. The Bertz CT molecular complexity index is 1300. The van der Waals surface area contributed by atoms with E-state index < -0.39 is 18.0 Å². The number of aromatic nitrogens is 4. The summed E-state index contributed by atoms with van der Waals surface area (Å²) >= 11 is 0. The van der Waals surface area contributed by atoms with Gasteiger partial charge in [0.2, 0.25) is 5.88 Å². The lowest BCUT2D eigenvalue weighted by molar-refractivity contribution is -0.274. The standard InChI is InChI=1S/C23H16F3N5O3/c1-14-7-9-27-11-17(14)22(32)31-20-13-29-18(12-30-20)16-10-15(33-21-4-2-3-8-28-21)5-6-19(16)34-23(24,25)26/h2-13H,1H3,(H,30,31,32). The molecule has 0 aliphatic carbocycles. The molecular weight excluding hydrogens is 451 g/mol. The van der Waals surface area contributed by atoms with Gasteiger partial charge in [-0.2, -0.15) is 0 Å². The number of nitrogens with one attached hydrogen (secondary N) is 1. The van der Waals surface area contributed by atoms with Crippen molar-refractivity contribution in [3.63, 3.8) is 0 Å². The van der Waals surface area contributed by atoms with Crippen molar-refractivity contribution in [2.24, 2.45) is 0 Å². The maximum absolute atomic E-state index is 12.9. The largest absolute Gasteiger partial charge is 0.573 e. The van der Waals surface area contributed by atoms with Crippen molar-refractivity contribution in [3.8, 4) is 28.6 Å². The van der Waals surface area contributed by atoms with Gasteiger partial charge in [-0.15, -0.1) is 13.2 Å². The molecule has 0 radical (unpaired) electrons. The number of pyridine rings is 2. The lowest BCUT2D eigenvalue weighted by Gasteiger charge is -2.14. The smallest absolute Gasteiger partial charge is 0.439 e. The fourth-order valence-corrected chi connectivity index (χ4v) is 2.93. The molecule has 0 saturated heterocycles. The number of carbonyl (C=O) groups excluding carboxylic acids is 1. The highest BCUT2D eigenvalue weighted by molar-refractivity contribution is 6.04. The Labute approximate surface area is 191 Å². The molecule has 34 heavy (non-hydrogen) atoms. The molecule has 11 heteroatoms. The molecule has 3 heterocycles. The second kappa shape index (κ2) is 9.53. The molecule has 0 atom stereocenters. The number of halogens is 3. The summed E-state index contributed by atoms with van der Waals surface area (Å²) in [6, 6.07) is 10.4. The highest BCUT2D eigenvalue weighted by Crippen LogP contribution is 2.36. The van der Waals surface area contributed by atoms with E-state index in [1.54, 1.807) is 37.4 Å². The molecule has 0 spiro atoms. The zero-order valence-corrected chi connectivity index (χ0v) is 17.6. The number of alkyl halides is 3. The summed E-state index contributed by atoms with van der Waals surface area (Å²) in [5.74, 6) is -0.351. The molecule has 4 aromatic rings. The van der Waals surface area contributed by atoms with Crippen molar-refractivity contribution in [2.45, 2.75) is 13.3 Å². The normalized spacial score (nSPS) is 11.1. The maximum Gasteiger partial charge on any atom is 0.573 e. The van der Waals surface area contributed by atoms with E-state index >= 15 is 0 Å². The monoisotopic (exact) mass is 467 g/mol. The molecule has 0 unspecified atom stereocenters. The number of ether oxygens (including phenoxy) is 2. The summed E-state index contributed by atoms with van der Waals surface area (Å²) in [6.45, 7) is 1.76. The van der Waals surface area contributed by atoms with Gasteiger partial charge >= 0.3 is 6.36 Å². The average molecular weight is 467 g/mol. The Kier molecular flexibility index (Phi) is 6.35. The van der Waals surface area contributed by atoms with Gasteiger partial charge in [-0.25, -0.2) is 9.97 Å². The number of hydrogen-bond acceptors (Lipinski definition) is 7. The maximum atomic E-state index is 12.9. The average Bonchev–Trinajstić information content (AvgIpc) is 2.81. The van der Waals surface area contributed by atoms with Crippen LogP contribution in [0.4, 0.5) is 19.0 Å². The second-order valence-electron chi connectivity index (χ2n) is 6.91. The number of hydrogen-bond donors (Lipinski definition) is 1.